The first kappa shape index (κ1) is 32.0. The maximum atomic E-state index is 14.0. The number of hydrogen-bond acceptors (Lipinski definition) is 4. The van der Waals surface area contributed by atoms with E-state index in [0.29, 0.717) is 55.0 Å². The summed E-state index contributed by atoms with van der Waals surface area (Å²) in [5.74, 6) is 0.631. The van der Waals surface area contributed by atoms with Crippen molar-refractivity contribution in [3.8, 4) is 0 Å². The van der Waals surface area contributed by atoms with Crippen LogP contribution < -0.4 is 16.0 Å². The third-order valence-corrected chi connectivity index (χ3v) is 7.41. The first-order chi connectivity index (χ1) is 18.1. The number of halogens is 3. The van der Waals surface area contributed by atoms with Gasteiger partial charge in [0.05, 0.1) is 10.6 Å². The minimum atomic E-state index is -0.527. The number of carbonyl (C=O) groups is 2. The normalized spacial score (nSPS) is 21.1. The highest BCUT2D eigenvalue weighted by Crippen LogP contribution is 2.30. The molecule has 2 aliphatic rings. The largest absolute Gasteiger partial charge is 0.390 e. The molecule has 2 aromatic rings. The molecule has 0 saturated heterocycles. The molecule has 0 spiro atoms. The Morgan fingerprint density at radius 3 is 2.37 bits per heavy atom. The van der Waals surface area contributed by atoms with Gasteiger partial charge in [-0.25, -0.2) is 4.39 Å². The molecule has 0 aliphatic heterocycles. The van der Waals surface area contributed by atoms with Crippen LogP contribution in [0.3, 0.4) is 0 Å². The van der Waals surface area contributed by atoms with Crippen LogP contribution in [0, 0.1) is 11.7 Å². The molecule has 2 amide bonds. The number of rotatable bonds is 9. The lowest BCUT2D eigenvalue weighted by atomic mass is 9.77. The zero-order valence-corrected chi connectivity index (χ0v) is 23.9. The smallest absolute Gasteiger partial charge is 0.211 e. The second kappa shape index (κ2) is 16.0. The Morgan fingerprint density at radius 1 is 1.13 bits per heavy atom. The van der Waals surface area contributed by atoms with E-state index in [4.69, 9.17) is 28.3 Å². The fraction of sp³-hybridized carbons (Fsp3) is 0.517. The molecular formula is C29H40Cl2FN3O3. The Hall–Kier alpha value is -2.19. The molecular weight excluding hydrogens is 528 g/mol. The second-order valence-corrected chi connectivity index (χ2v) is 11.4. The molecule has 2 fully saturated rings. The van der Waals surface area contributed by atoms with E-state index in [1.54, 1.807) is 31.2 Å². The summed E-state index contributed by atoms with van der Waals surface area (Å²) >= 11 is 11.7. The van der Waals surface area contributed by atoms with E-state index in [9.17, 15) is 14.0 Å². The highest BCUT2D eigenvalue weighted by molar-refractivity contribution is 6.31. The van der Waals surface area contributed by atoms with Gasteiger partial charge in [0, 0.05) is 29.8 Å². The highest BCUT2D eigenvalue weighted by atomic mass is 35.5. The summed E-state index contributed by atoms with van der Waals surface area (Å²) in [7, 11) is 0. The quantitative estimate of drug-likeness (QED) is 0.262. The predicted octanol–water partition coefficient (Wildman–Crippen LogP) is 6.44. The lowest BCUT2D eigenvalue weighted by Gasteiger charge is -2.40. The van der Waals surface area contributed by atoms with Gasteiger partial charge >= 0.3 is 0 Å². The lowest BCUT2D eigenvalue weighted by molar-refractivity contribution is -0.113. The van der Waals surface area contributed by atoms with Gasteiger partial charge in [-0.05, 0) is 60.9 Å². The number of anilines is 1. The summed E-state index contributed by atoms with van der Waals surface area (Å²) in [6.45, 7) is 7.14. The molecule has 38 heavy (non-hydrogen) atoms. The third kappa shape index (κ3) is 10.9. The van der Waals surface area contributed by atoms with Gasteiger partial charge in [-0.1, -0.05) is 80.9 Å². The minimum absolute atomic E-state index is 0.0384. The zero-order chi connectivity index (χ0) is 28.1. The molecule has 0 aromatic heterocycles. The van der Waals surface area contributed by atoms with Gasteiger partial charge in [0.15, 0.2) is 0 Å². The Bertz CT molecular complexity index is 1020. The Morgan fingerprint density at radius 2 is 1.82 bits per heavy atom. The van der Waals surface area contributed by atoms with Crippen LogP contribution in [-0.2, 0) is 16.1 Å². The highest BCUT2D eigenvalue weighted by Gasteiger charge is 2.37. The van der Waals surface area contributed by atoms with E-state index < -0.39 is 5.60 Å². The summed E-state index contributed by atoms with van der Waals surface area (Å²) in [6.07, 6.45) is 8.61. The van der Waals surface area contributed by atoms with Crippen LogP contribution in [0.1, 0.15) is 76.3 Å². The van der Waals surface area contributed by atoms with Crippen molar-refractivity contribution in [2.75, 3.05) is 11.9 Å². The Kier molecular flexibility index (Phi) is 13.5. The first-order valence-electron chi connectivity index (χ1n) is 13.1. The third-order valence-electron chi connectivity index (χ3n) is 6.88. The molecule has 9 heteroatoms. The summed E-state index contributed by atoms with van der Waals surface area (Å²) in [5.41, 5.74) is 1.61. The maximum Gasteiger partial charge on any atom is 0.211 e. The van der Waals surface area contributed by atoms with Gasteiger partial charge in [-0.2, -0.15) is 0 Å². The van der Waals surface area contributed by atoms with Gasteiger partial charge in [0.2, 0.25) is 12.8 Å². The first-order valence-corrected chi connectivity index (χ1v) is 13.9. The number of amides is 2. The molecule has 0 unspecified atom stereocenters. The van der Waals surface area contributed by atoms with Gasteiger partial charge in [-0.15, -0.1) is 0 Å². The summed E-state index contributed by atoms with van der Waals surface area (Å²) < 4.78 is 14.0. The van der Waals surface area contributed by atoms with Gasteiger partial charge in [-0.3, -0.25) is 9.59 Å². The van der Waals surface area contributed by atoms with Crippen LogP contribution in [0.15, 0.2) is 36.4 Å². The van der Waals surface area contributed by atoms with Crippen molar-refractivity contribution in [3.05, 3.63) is 63.4 Å². The monoisotopic (exact) mass is 567 g/mol. The number of hydrogen-bond donors (Lipinski definition) is 4. The van der Waals surface area contributed by atoms with E-state index in [0.717, 1.165) is 11.5 Å². The van der Waals surface area contributed by atoms with Crippen molar-refractivity contribution < 1.29 is 19.1 Å². The fourth-order valence-electron chi connectivity index (χ4n) is 4.68. The molecule has 6 nitrogen and oxygen atoms in total. The molecule has 2 aromatic carbocycles. The standard InChI is InChI=1S/C17H17Cl2FN2O.C6H11NO2.C6H12/c1-11(14-3-2-4-15(19)17(14)20)8-21-9-12-5-6-13(18)7-16(12)22-10-23;1-6(9)2-5(3-6)7-4-8;1-6-4-2-3-5-6/h2-7,10-11,21H,8-9H2,1H3,(H,22,23);4-5,9H,2-3H2,1H3,(H,7,8);6H,2-5H2,1H3/t11-;;/m1../s1. The van der Waals surface area contributed by atoms with Crippen molar-refractivity contribution in [2.45, 2.75) is 83.4 Å². The second-order valence-electron chi connectivity index (χ2n) is 10.5. The molecule has 2 saturated carbocycles. The number of nitrogens with one attached hydrogen (secondary N) is 3. The summed E-state index contributed by atoms with van der Waals surface area (Å²) in [5, 5.41) is 18.3. The van der Waals surface area contributed by atoms with Crippen LogP contribution in [-0.4, -0.2) is 36.1 Å². The van der Waals surface area contributed by atoms with Crippen LogP contribution in [0.4, 0.5) is 10.1 Å². The van der Waals surface area contributed by atoms with E-state index in [1.165, 1.54) is 31.7 Å². The average molecular weight is 569 g/mol. The topological polar surface area (TPSA) is 90.5 Å². The van der Waals surface area contributed by atoms with Crippen LogP contribution in [0.25, 0.3) is 0 Å². The van der Waals surface area contributed by atoms with Crippen molar-refractivity contribution in [3.63, 3.8) is 0 Å². The molecule has 4 rings (SSSR count). The molecule has 2 aliphatic carbocycles. The van der Waals surface area contributed by atoms with E-state index in [-0.39, 0.29) is 22.8 Å². The van der Waals surface area contributed by atoms with Crippen molar-refractivity contribution >= 4 is 41.7 Å². The summed E-state index contributed by atoms with van der Waals surface area (Å²) in [4.78, 5) is 20.5. The zero-order valence-electron chi connectivity index (χ0n) is 22.4. The van der Waals surface area contributed by atoms with E-state index in [2.05, 4.69) is 22.9 Å². The number of benzene rings is 2. The summed E-state index contributed by atoms with van der Waals surface area (Å²) in [6, 6.07) is 10.5. The molecule has 0 bridgehead atoms. The predicted molar refractivity (Wildman–Crippen MR) is 153 cm³/mol. The molecule has 0 radical (unpaired) electrons. The van der Waals surface area contributed by atoms with E-state index in [1.807, 2.05) is 13.0 Å². The van der Waals surface area contributed by atoms with Gasteiger partial charge in [0.25, 0.3) is 0 Å². The maximum absolute atomic E-state index is 14.0. The molecule has 4 N–H and O–H groups in total. The van der Waals surface area contributed by atoms with Gasteiger partial charge < -0.3 is 21.1 Å². The average Bonchev–Trinajstić information content (AvgIpc) is 3.33. The SMILES string of the molecule is CC1(O)CC(NC=O)C1.CC1CCCC1.C[C@H](CNCc1ccc(Cl)cc1NC=O)c1cccc(Cl)c1F. The van der Waals surface area contributed by atoms with Crippen LogP contribution in [0.2, 0.25) is 10.0 Å². The molecule has 210 valence electrons. The van der Waals surface area contributed by atoms with E-state index >= 15 is 0 Å². The van der Waals surface area contributed by atoms with Crippen molar-refractivity contribution in [1.29, 1.82) is 0 Å². The van der Waals surface area contributed by atoms with Crippen LogP contribution >= 0.6 is 23.2 Å². The Balaban J connectivity index is 0.000000273. The minimum Gasteiger partial charge on any atom is -0.390 e. The number of aliphatic hydroxyl groups is 1. The lowest BCUT2D eigenvalue weighted by Crippen LogP contribution is -2.51. The van der Waals surface area contributed by atoms with Gasteiger partial charge in [0.1, 0.15) is 5.82 Å². The molecule has 0 heterocycles. The number of carbonyl (C=O) groups excluding carboxylic acids is 2. The fourth-order valence-corrected chi connectivity index (χ4v) is 5.03. The van der Waals surface area contributed by atoms with Crippen LogP contribution in [0.5, 0.6) is 0 Å². The van der Waals surface area contributed by atoms with Crippen molar-refractivity contribution in [1.82, 2.24) is 10.6 Å². The molecule has 1 atom stereocenters. The van der Waals surface area contributed by atoms with Crippen molar-refractivity contribution in [2.24, 2.45) is 5.92 Å². The Labute approximate surface area is 235 Å².